The molecule has 0 aromatic carbocycles. The molecule has 4 heteroatoms. The van der Waals surface area contributed by atoms with E-state index in [1.165, 1.54) is 0 Å². The van der Waals surface area contributed by atoms with Gasteiger partial charge >= 0.3 is 51.4 Å². The fourth-order valence-corrected chi connectivity index (χ4v) is 0.962. The van der Waals surface area contributed by atoms with Crippen molar-refractivity contribution in [2.75, 3.05) is 0 Å². The number of nitrogens with zero attached hydrogens (tertiary/aromatic N) is 3. The van der Waals surface area contributed by atoms with Gasteiger partial charge in [-0.05, 0) is 19.3 Å². The molecule has 0 aliphatic heterocycles. The fourth-order valence-electron chi connectivity index (χ4n) is 0.962. The van der Waals surface area contributed by atoms with E-state index in [9.17, 15) is 0 Å². The largest absolute Gasteiger partial charge is 1.00 e. The van der Waals surface area contributed by atoms with Crippen LogP contribution in [-0.4, -0.2) is 14.8 Å². The molecule has 50 valence electrons. The molecule has 0 unspecified atom stereocenters. The van der Waals surface area contributed by atoms with E-state index in [-0.39, 0.29) is 51.4 Å². The monoisotopic (exact) mass is 171 g/mol. The molecule has 0 N–H and O–H groups in total. The average Bonchev–Trinajstić information content (AvgIpc) is 2.34. The fraction of sp³-hybridized carbons (Fsp3) is 0.143. The van der Waals surface area contributed by atoms with Crippen LogP contribution < -0.4 is 51.4 Å². The van der Waals surface area contributed by atoms with Gasteiger partial charge in [-0.1, -0.05) is 5.52 Å². The summed E-state index contributed by atoms with van der Waals surface area (Å²) in [5.41, 5.74) is 1.98. The SMILES string of the molecule is Cn1ccc2nn[c-]cc21.[K+]. The van der Waals surface area contributed by atoms with Crippen LogP contribution in [-0.2, 0) is 7.05 Å². The van der Waals surface area contributed by atoms with Crippen molar-refractivity contribution in [2.45, 2.75) is 0 Å². The molecule has 0 aliphatic carbocycles. The zero-order valence-corrected chi connectivity index (χ0v) is 9.70. The van der Waals surface area contributed by atoms with Crippen LogP contribution in [0.4, 0.5) is 0 Å². The minimum Gasteiger partial charge on any atom is -0.427 e. The number of fused-ring (bicyclic) bond motifs is 1. The third kappa shape index (κ3) is 1.70. The first-order valence-electron chi connectivity index (χ1n) is 3.03. The standard InChI is InChI=1S/C7H6N3.K/c1-10-5-3-6-7(10)2-4-8-9-6;/h2-3,5H,1H3;/q-1;+1. The van der Waals surface area contributed by atoms with E-state index < -0.39 is 0 Å². The van der Waals surface area contributed by atoms with E-state index in [1.807, 2.05) is 29.9 Å². The van der Waals surface area contributed by atoms with Crippen molar-refractivity contribution >= 4 is 11.0 Å². The van der Waals surface area contributed by atoms with E-state index in [0.717, 1.165) is 11.0 Å². The Labute approximate surface area is 107 Å². The molecule has 0 atom stereocenters. The summed E-state index contributed by atoms with van der Waals surface area (Å²) in [4.78, 5) is 0. The zero-order chi connectivity index (χ0) is 6.97. The summed E-state index contributed by atoms with van der Waals surface area (Å²) in [5, 5.41) is 7.51. The quantitative estimate of drug-likeness (QED) is 0.332. The maximum absolute atomic E-state index is 3.88. The van der Waals surface area contributed by atoms with E-state index in [0.29, 0.717) is 0 Å². The molecular formula is C7H6KN3. The van der Waals surface area contributed by atoms with Gasteiger partial charge in [0, 0.05) is 5.52 Å². The van der Waals surface area contributed by atoms with E-state index in [1.54, 1.807) is 0 Å². The minimum atomic E-state index is 0. The third-order valence-corrected chi connectivity index (χ3v) is 1.52. The van der Waals surface area contributed by atoms with Gasteiger partial charge in [-0.25, -0.2) is 0 Å². The Morgan fingerprint density at radius 2 is 2.36 bits per heavy atom. The molecule has 0 saturated carbocycles. The van der Waals surface area contributed by atoms with Gasteiger partial charge < -0.3 is 4.57 Å². The summed E-state index contributed by atoms with van der Waals surface area (Å²) in [5.74, 6) is 0. The number of aromatic nitrogens is 3. The van der Waals surface area contributed by atoms with Crippen molar-refractivity contribution in [1.29, 1.82) is 0 Å². The molecule has 0 spiro atoms. The average molecular weight is 171 g/mol. The zero-order valence-electron chi connectivity index (χ0n) is 6.57. The molecular weight excluding hydrogens is 165 g/mol. The van der Waals surface area contributed by atoms with Crippen molar-refractivity contribution < 1.29 is 51.4 Å². The maximum atomic E-state index is 3.88. The maximum Gasteiger partial charge on any atom is 1.00 e. The van der Waals surface area contributed by atoms with Crippen LogP contribution in [0, 0.1) is 6.20 Å². The Bertz CT molecular complexity index is 355. The summed E-state index contributed by atoms with van der Waals surface area (Å²) in [6.07, 6.45) is 4.63. The number of hydrogen-bond donors (Lipinski definition) is 0. The van der Waals surface area contributed by atoms with Crippen LogP contribution in [0.3, 0.4) is 0 Å². The Kier molecular flexibility index (Phi) is 3.21. The summed E-state index contributed by atoms with van der Waals surface area (Å²) >= 11 is 0. The van der Waals surface area contributed by atoms with Gasteiger partial charge in [-0.15, -0.1) is 6.20 Å². The number of aryl methyl sites for hydroxylation is 1. The molecule has 2 rings (SSSR count). The molecule has 0 fully saturated rings. The molecule has 2 aromatic heterocycles. The molecule has 0 amide bonds. The first-order chi connectivity index (χ1) is 4.88. The molecule has 3 nitrogen and oxygen atoms in total. The summed E-state index contributed by atoms with van der Waals surface area (Å²) in [6.45, 7) is 0. The summed E-state index contributed by atoms with van der Waals surface area (Å²) in [6, 6.07) is 3.75. The second kappa shape index (κ2) is 3.78. The van der Waals surface area contributed by atoms with E-state index in [2.05, 4.69) is 16.4 Å². The third-order valence-electron chi connectivity index (χ3n) is 1.52. The smallest absolute Gasteiger partial charge is 0.427 e. The normalized spacial score (nSPS) is 9.55. The molecule has 0 radical (unpaired) electrons. The van der Waals surface area contributed by atoms with Gasteiger partial charge in [0.15, 0.2) is 0 Å². The summed E-state index contributed by atoms with van der Waals surface area (Å²) < 4.78 is 1.99. The number of rotatable bonds is 0. The Morgan fingerprint density at radius 1 is 1.55 bits per heavy atom. The van der Waals surface area contributed by atoms with Crippen molar-refractivity contribution in [2.24, 2.45) is 7.05 Å². The van der Waals surface area contributed by atoms with E-state index in [4.69, 9.17) is 0 Å². The van der Waals surface area contributed by atoms with Crippen LogP contribution in [0.1, 0.15) is 0 Å². The Morgan fingerprint density at radius 3 is 3.09 bits per heavy atom. The van der Waals surface area contributed by atoms with Gasteiger partial charge in [0.1, 0.15) is 0 Å². The predicted molar refractivity (Wildman–Crippen MR) is 37.3 cm³/mol. The van der Waals surface area contributed by atoms with Gasteiger partial charge in [0.25, 0.3) is 0 Å². The molecule has 2 aromatic rings. The Hall–Kier alpha value is 0.256. The van der Waals surface area contributed by atoms with Crippen molar-refractivity contribution in [3.63, 3.8) is 0 Å². The van der Waals surface area contributed by atoms with Gasteiger partial charge in [0.05, 0.1) is 0 Å². The topological polar surface area (TPSA) is 30.7 Å². The van der Waals surface area contributed by atoms with Crippen LogP contribution in [0.5, 0.6) is 0 Å². The minimum absolute atomic E-state index is 0. The molecule has 11 heavy (non-hydrogen) atoms. The Balaban J connectivity index is 0.000000605. The molecule has 0 bridgehead atoms. The van der Waals surface area contributed by atoms with Gasteiger partial charge in [-0.2, -0.15) is 11.2 Å². The summed E-state index contributed by atoms with van der Waals surface area (Å²) in [7, 11) is 1.97. The van der Waals surface area contributed by atoms with Crippen molar-refractivity contribution in [3.05, 3.63) is 24.5 Å². The van der Waals surface area contributed by atoms with Crippen LogP contribution in [0.25, 0.3) is 11.0 Å². The first-order valence-corrected chi connectivity index (χ1v) is 3.03. The van der Waals surface area contributed by atoms with Crippen molar-refractivity contribution in [1.82, 2.24) is 14.8 Å². The second-order valence-electron chi connectivity index (χ2n) is 2.17. The van der Waals surface area contributed by atoms with Crippen molar-refractivity contribution in [3.8, 4) is 0 Å². The van der Waals surface area contributed by atoms with Gasteiger partial charge in [0.2, 0.25) is 0 Å². The van der Waals surface area contributed by atoms with Gasteiger partial charge in [-0.3, -0.25) is 5.10 Å². The van der Waals surface area contributed by atoms with Crippen LogP contribution in [0.2, 0.25) is 0 Å². The second-order valence-corrected chi connectivity index (χ2v) is 2.17. The van der Waals surface area contributed by atoms with Crippen LogP contribution in [0.15, 0.2) is 18.3 Å². The molecule has 0 aliphatic rings. The van der Waals surface area contributed by atoms with E-state index >= 15 is 0 Å². The molecule has 0 saturated heterocycles. The first kappa shape index (κ1) is 9.35. The van der Waals surface area contributed by atoms with Crippen LogP contribution >= 0.6 is 0 Å². The molecule has 2 heterocycles. The predicted octanol–water partition coefficient (Wildman–Crippen LogP) is -2.23. The number of hydrogen-bond acceptors (Lipinski definition) is 2.